The molecule has 2 aromatic rings. The van der Waals surface area contributed by atoms with Gasteiger partial charge in [-0.2, -0.15) is 5.26 Å². The van der Waals surface area contributed by atoms with Gasteiger partial charge in [0, 0.05) is 12.8 Å². The fraction of sp³-hybridized carbons (Fsp3) is 0.462. The molecule has 30 heavy (non-hydrogen) atoms. The van der Waals surface area contributed by atoms with E-state index in [-0.39, 0.29) is 17.8 Å². The van der Waals surface area contributed by atoms with E-state index >= 15 is 0 Å². The maximum atomic E-state index is 12.3. The number of ether oxygens (including phenoxy) is 2. The first-order valence-electron chi connectivity index (χ1n) is 11.0. The second kappa shape index (κ2) is 8.92. The first-order chi connectivity index (χ1) is 14.6. The minimum atomic E-state index is -0.705. The van der Waals surface area contributed by atoms with Gasteiger partial charge in [-0.1, -0.05) is 36.4 Å². The highest BCUT2D eigenvalue weighted by atomic mass is 16.5. The Kier molecular flexibility index (Phi) is 6.08. The SMILES string of the molecule is COc1ccc(C2(C#N)CCC(=O)C[C@H]2Cc2ccccc2)cc1OC1CCCC1. The predicted octanol–water partition coefficient (Wildman–Crippen LogP) is 5.39. The molecule has 2 aliphatic rings. The van der Waals surface area contributed by atoms with Crippen LogP contribution in [0.5, 0.6) is 11.5 Å². The summed E-state index contributed by atoms with van der Waals surface area (Å²) in [4.78, 5) is 12.3. The highest BCUT2D eigenvalue weighted by Gasteiger charge is 2.45. The molecule has 156 valence electrons. The van der Waals surface area contributed by atoms with Crippen molar-refractivity contribution in [2.24, 2.45) is 5.92 Å². The Labute approximate surface area is 178 Å². The Morgan fingerprint density at radius 1 is 1.10 bits per heavy atom. The third-order valence-corrected chi connectivity index (χ3v) is 6.77. The molecule has 2 atom stereocenters. The largest absolute Gasteiger partial charge is 0.493 e. The van der Waals surface area contributed by atoms with Crippen molar-refractivity contribution in [3.05, 3.63) is 59.7 Å². The number of hydrogen-bond acceptors (Lipinski definition) is 4. The van der Waals surface area contributed by atoms with Gasteiger partial charge >= 0.3 is 0 Å². The molecule has 2 aliphatic carbocycles. The number of carbonyl (C=O) groups is 1. The second-order valence-corrected chi connectivity index (χ2v) is 8.60. The van der Waals surface area contributed by atoms with Crippen LogP contribution < -0.4 is 9.47 Å². The van der Waals surface area contributed by atoms with Crippen LogP contribution in [0.25, 0.3) is 0 Å². The van der Waals surface area contributed by atoms with Crippen LogP contribution in [-0.4, -0.2) is 19.0 Å². The fourth-order valence-corrected chi connectivity index (χ4v) is 5.06. The monoisotopic (exact) mass is 403 g/mol. The molecule has 2 fully saturated rings. The lowest BCUT2D eigenvalue weighted by molar-refractivity contribution is -0.122. The summed E-state index contributed by atoms with van der Waals surface area (Å²) in [7, 11) is 1.65. The summed E-state index contributed by atoms with van der Waals surface area (Å²) in [5.41, 5.74) is 1.39. The maximum Gasteiger partial charge on any atom is 0.161 e. The van der Waals surface area contributed by atoms with E-state index in [0.717, 1.165) is 24.0 Å². The van der Waals surface area contributed by atoms with Gasteiger partial charge < -0.3 is 9.47 Å². The zero-order valence-electron chi connectivity index (χ0n) is 17.6. The number of carbonyl (C=O) groups excluding carboxylic acids is 1. The number of rotatable bonds is 6. The van der Waals surface area contributed by atoms with Crippen LogP contribution in [0.2, 0.25) is 0 Å². The summed E-state index contributed by atoms with van der Waals surface area (Å²) < 4.78 is 11.8. The van der Waals surface area contributed by atoms with Gasteiger partial charge in [-0.25, -0.2) is 0 Å². The summed E-state index contributed by atoms with van der Waals surface area (Å²) >= 11 is 0. The second-order valence-electron chi connectivity index (χ2n) is 8.60. The van der Waals surface area contributed by atoms with Crippen molar-refractivity contribution in [3.8, 4) is 17.6 Å². The molecule has 4 heteroatoms. The van der Waals surface area contributed by atoms with E-state index in [2.05, 4.69) is 18.2 Å². The molecule has 4 nitrogen and oxygen atoms in total. The minimum Gasteiger partial charge on any atom is -0.493 e. The molecule has 0 heterocycles. The highest BCUT2D eigenvalue weighted by molar-refractivity contribution is 5.80. The smallest absolute Gasteiger partial charge is 0.161 e. The first kappa shape index (κ1) is 20.5. The van der Waals surface area contributed by atoms with Crippen molar-refractivity contribution in [1.29, 1.82) is 5.26 Å². The molecule has 1 unspecified atom stereocenters. The number of Topliss-reactive ketones (excluding diaryl/α,β-unsaturated/α-hetero) is 1. The minimum absolute atomic E-state index is 0.0566. The van der Waals surface area contributed by atoms with E-state index in [1.165, 1.54) is 12.8 Å². The Balaban J connectivity index is 1.70. The first-order valence-corrected chi connectivity index (χ1v) is 11.0. The van der Waals surface area contributed by atoms with Crippen molar-refractivity contribution >= 4 is 5.78 Å². The summed E-state index contributed by atoms with van der Waals surface area (Å²) in [6.45, 7) is 0. The van der Waals surface area contributed by atoms with Crippen LogP contribution in [0.1, 0.15) is 56.1 Å². The molecule has 0 radical (unpaired) electrons. The van der Waals surface area contributed by atoms with Crippen molar-refractivity contribution < 1.29 is 14.3 Å². The van der Waals surface area contributed by atoms with Gasteiger partial charge in [0.1, 0.15) is 5.78 Å². The normalized spacial score (nSPS) is 24.4. The maximum absolute atomic E-state index is 12.3. The summed E-state index contributed by atoms with van der Waals surface area (Å²) in [6, 6.07) is 18.7. The molecule has 0 saturated heterocycles. The molecular formula is C26H29NO3. The number of nitriles is 1. The van der Waals surface area contributed by atoms with E-state index in [1.54, 1.807) is 7.11 Å². The number of benzene rings is 2. The predicted molar refractivity (Wildman–Crippen MR) is 116 cm³/mol. The Morgan fingerprint density at radius 3 is 2.57 bits per heavy atom. The molecule has 0 aromatic heterocycles. The molecule has 4 rings (SSSR count). The van der Waals surface area contributed by atoms with Crippen molar-refractivity contribution in [3.63, 3.8) is 0 Å². The van der Waals surface area contributed by atoms with Crippen LogP contribution in [-0.2, 0) is 16.6 Å². The number of nitrogens with zero attached hydrogens (tertiary/aromatic N) is 1. The van der Waals surface area contributed by atoms with Crippen molar-refractivity contribution in [1.82, 2.24) is 0 Å². The molecule has 2 saturated carbocycles. The van der Waals surface area contributed by atoms with Crippen molar-refractivity contribution in [2.75, 3.05) is 7.11 Å². The van der Waals surface area contributed by atoms with E-state index in [4.69, 9.17) is 9.47 Å². The average molecular weight is 404 g/mol. The average Bonchev–Trinajstić information content (AvgIpc) is 3.28. The third-order valence-electron chi connectivity index (χ3n) is 6.77. The summed E-state index contributed by atoms with van der Waals surface area (Å²) in [5, 5.41) is 10.4. The Morgan fingerprint density at radius 2 is 1.87 bits per heavy atom. The fourth-order valence-electron chi connectivity index (χ4n) is 5.06. The van der Waals surface area contributed by atoms with Crippen LogP contribution >= 0.6 is 0 Å². The van der Waals surface area contributed by atoms with E-state index in [9.17, 15) is 10.1 Å². The van der Waals surface area contributed by atoms with E-state index in [1.807, 2.05) is 36.4 Å². The molecule has 0 bridgehead atoms. The van der Waals surface area contributed by atoms with Crippen LogP contribution in [0.4, 0.5) is 0 Å². The van der Waals surface area contributed by atoms with Gasteiger partial charge in [-0.05, 0) is 67.7 Å². The molecule has 0 N–H and O–H groups in total. The van der Waals surface area contributed by atoms with Crippen molar-refractivity contribution in [2.45, 2.75) is 62.9 Å². The van der Waals surface area contributed by atoms with Crippen LogP contribution in [0, 0.1) is 17.2 Å². The van der Waals surface area contributed by atoms with Gasteiger partial charge in [-0.15, -0.1) is 0 Å². The molecule has 0 aliphatic heterocycles. The molecule has 2 aromatic carbocycles. The van der Waals surface area contributed by atoms with Gasteiger partial charge in [0.2, 0.25) is 0 Å². The zero-order valence-corrected chi connectivity index (χ0v) is 17.6. The zero-order chi connectivity index (χ0) is 21.0. The van der Waals surface area contributed by atoms with Gasteiger partial charge in [0.05, 0.1) is 24.7 Å². The Bertz CT molecular complexity index is 927. The lowest BCUT2D eigenvalue weighted by Gasteiger charge is -2.39. The Hall–Kier alpha value is -2.80. The third kappa shape index (κ3) is 4.07. The molecule has 0 amide bonds. The standard InChI is InChI=1S/C26H29NO3/c1-29-24-12-11-20(17-25(24)30-23-9-5-6-10-23)26(18-27)14-13-22(28)16-21(26)15-19-7-3-2-4-8-19/h2-4,7-8,11-12,17,21,23H,5-6,9-10,13-16H2,1H3/t21-,26?/m1/s1. The van der Waals surface area contributed by atoms with E-state index < -0.39 is 5.41 Å². The van der Waals surface area contributed by atoms with Gasteiger partial charge in [0.15, 0.2) is 11.5 Å². The van der Waals surface area contributed by atoms with Crippen LogP contribution in [0.15, 0.2) is 48.5 Å². The number of methoxy groups -OCH3 is 1. The summed E-state index contributed by atoms with van der Waals surface area (Å²) in [5.74, 6) is 1.61. The van der Waals surface area contributed by atoms with Crippen LogP contribution in [0.3, 0.4) is 0 Å². The lowest BCUT2D eigenvalue weighted by atomic mass is 9.61. The molecule has 0 spiro atoms. The summed E-state index contributed by atoms with van der Waals surface area (Å²) in [6.07, 6.45) is 6.85. The number of hydrogen-bond donors (Lipinski definition) is 0. The quantitative estimate of drug-likeness (QED) is 0.649. The van der Waals surface area contributed by atoms with Gasteiger partial charge in [-0.3, -0.25) is 4.79 Å². The van der Waals surface area contributed by atoms with E-state index in [0.29, 0.717) is 37.2 Å². The van der Waals surface area contributed by atoms with Gasteiger partial charge in [0.25, 0.3) is 0 Å². The molecular weight excluding hydrogens is 374 g/mol. The number of ketones is 1. The topological polar surface area (TPSA) is 59.3 Å². The highest BCUT2D eigenvalue weighted by Crippen LogP contribution is 2.46. The lowest BCUT2D eigenvalue weighted by Crippen LogP contribution is -2.41.